The van der Waals surface area contributed by atoms with Crippen molar-refractivity contribution < 1.29 is 14.3 Å². The van der Waals surface area contributed by atoms with Crippen LogP contribution in [0.2, 0.25) is 0 Å². The summed E-state index contributed by atoms with van der Waals surface area (Å²) in [7, 11) is 0. The molecule has 0 aromatic heterocycles. The summed E-state index contributed by atoms with van der Waals surface area (Å²) in [5.41, 5.74) is 0.552. The fraction of sp³-hybridized carbons (Fsp3) is 0.562. The lowest BCUT2D eigenvalue weighted by molar-refractivity contribution is -0.122. The van der Waals surface area contributed by atoms with E-state index in [4.69, 9.17) is 0 Å². The molecule has 0 heterocycles. The summed E-state index contributed by atoms with van der Waals surface area (Å²) in [6.07, 6.45) is 4.74. The molecule has 21 heavy (non-hydrogen) atoms. The highest BCUT2D eigenvalue weighted by atomic mass is 79.9. The molecular formula is C16H21BrFNO2. The summed E-state index contributed by atoms with van der Waals surface area (Å²) in [4.78, 5) is 12.0. The number of carbonyl (C=O) groups is 1. The van der Waals surface area contributed by atoms with E-state index < -0.39 is 0 Å². The van der Waals surface area contributed by atoms with Crippen molar-refractivity contribution in [1.82, 2.24) is 5.32 Å². The van der Waals surface area contributed by atoms with E-state index in [-0.39, 0.29) is 36.7 Å². The van der Waals surface area contributed by atoms with Crippen LogP contribution in [0.4, 0.5) is 4.39 Å². The predicted octanol–water partition coefficient (Wildman–Crippen LogP) is 3.19. The largest absolute Gasteiger partial charge is 0.396 e. The zero-order valence-corrected chi connectivity index (χ0v) is 13.5. The van der Waals surface area contributed by atoms with Gasteiger partial charge in [-0.15, -0.1) is 0 Å². The molecule has 1 aliphatic rings. The van der Waals surface area contributed by atoms with Gasteiger partial charge in [0.25, 0.3) is 0 Å². The maximum absolute atomic E-state index is 13.7. The van der Waals surface area contributed by atoms with Crippen molar-refractivity contribution in [3.8, 4) is 0 Å². The third kappa shape index (κ3) is 4.78. The van der Waals surface area contributed by atoms with Crippen molar-refractivity contribution in [3.63, 3.8) is 0 Å². The second kappa shape index (κ2) is 7.90. The Morgan fingerprint density at radius 2 is 2.14 bits per heavy atom. The number of hydrogen-bond acceptors (Lipinski definition) is 2. The topological polar surface area (TPSA) is 49.3 Å². The molecule has 1 saturated carbocycles. The van der Waals surface area contributed by atoms with E-state index in [2.05, 4.69) is 21.2 Å². The second-order valence-electron chi connectivity index (χ2n) is 5.64. The highest BCUT2D eigenvalue weighted by molar-refractivity contribution is 9.10. The molecule has 1 fully saturated rings. The fourth-order valence-corrected chi connectivity index (χ4v) is 3.20. The van der Waals surface area contributed by atoms with E-state index in [9.17, 15) is 14.3 Å². The lowest BCUT2D eigenvalue weighted by Crippen LogP contribution is -2.43. The smallest absolute Gasteiger partial charge is 0.220 e. The maximum Gasteiger partial charge on any atom is 0.220 e. The molecule has 2 rings (SSSR count). The number of aliphatic hydroxyl groups is 1. The third-order valence-electron chi connectivity index (χ3n) is 4.13. The van der Waals surface area contributed by atoms with Gasteiger partial charge in [-0.25, -0.2) is 4.39 Å². The first-order valence-corrected chi connectivity index (χ1v) is 8.23. The number of nitrogens with one attached hydrogen (secondary N) is 1. The van der Waals surface area contributed by atoms with Crippen LogP contribution in [-0.4, -0.2) is 23.7 Å². The first kappa shape index (κ1) is 16.4. The average Bonchev–Trinajstić information content (AvgIpc) is 2.47. The first-order valence-electron chi connectivity index (χ1n) is 7.44. The van der Waals surface area contributed by atoms with Crippen LogP contribution in [0, 0.1) is 11.7 Å². The van der Waals surface area contributed by atoms with Crippen molar-refractivity contribution in [2.45, 2.75) is 44.6 Å². The summed E-state index contributed by atoms with van der Waals surface area (Å²) in [6.45, 7) is 0.117. The van der Waals surface area contributed by atoms with Gasteiger partial charge in [0.2, 0.25) is 5.91 Å². The third-order valence-corrected chi connectivity index (χ3v) is 4.62. The molecule has 0 spiro atoms. The molecule has 0 aliphatic heterocycles. The van der Waals surface area contributed by atoms with Crippen molar-refractivity contribution in [1.29, 1.82) is 0 Å². The Kier molecular flexibility index (Phi) is 6.18. The Hall–Kier alpha value is -0.940. The lowest BCUT2D eigenvalue weighted by atomic mass is 9.85. The number of aliphatic hydroxyl groups excluding tert-OH is 1. The molecule has 2 atom stereocenters. The minimum Gasteiger partial charge on any atom is -0.396 e. The standard InChI is InChI=1S/C16H21BrFNO2/c17-13-7-5-11(14(18)9-13)6-8-16(21)19-15-4-2-1-3-12(15)10-20/h5,7,9,12,15,20H,1-4,6,8,10H2,(H,19,21). The van der Waals surface area contributed by atoms with E-state index >= 15 is 0 Å². The van der Waals surface area contributed by atoms with Gasteiger partial charge < -0.3 is 10.4 Å². The Labute approximate surface area is 133 Å². The van der Waals surface area contributed by atoms with Gasteiger partial charge in [0.05, 0.1) is 0 Å². The van der Waals surface area contributed by atoms with Crippen molar-refractivity contribution in [3.05, 3.63) is 34.1 Å². The van der Waals surface area contributed by atoms with Crippen molar-refractivity contribution in [2.75, 3.05) is 6.61 Å². The second-order valence-corrected chi connectivity index (χ2v) is 6.55. The number of aryl methyl sites for hydroxylation is 1. The molecule has 1 aromatic carbocycles. The lowest BCUT2D eigenvalue weighted by Gasteiger charge is -2.30. The zero-order chi connectivity index (χ0) is 15.2. The highest BCUT2D eigenvalue weighted by Gasteiger charge is 2.25. The molecule has 2 N–H and O–H groups in total. The van der Waals surface area contributed by atoms with Crippen molar-refractivity contribution in [2.24, 2.45) is 5.92 Å². The normalized spacial score (nSPS) is 22.0. The van der Waals surface area contributed by atoms with Gasteiger partial charge in [-0.3, -0.25) is 4.79 Å². The molecule has 0 bridgehead atoms. The number of halogens is 2. The predicted molar refractivity (Wildman–Crippen MR) is 83.4 cm³/mol. The maximum atomic E-state index is 13.7. The molecule has 3 nitrogen and oxygen atoms in total. The van der Waals surface area contributed by atoms with Crippen LogP contribution in [0.1, 0.15) is 37.7 Å². The van der Waals surface area contributed by atoms with Gasteiger partial charge in [-0.05, 0) is 37.0 Å². The summed E-state index contributed by atoms with van der Waals surface area (Å²) in [6, 6.07) is 4.95. The van der Waals surface area contributed by atoms with Crippen LogP contribution in [0.25, 0.3) is 0 Å². The van der Waals surface area contributed by atoms with Gasteiger partial charge in [-0.1, -0.05) is 34.8 Å². The Morgan fingerprint density at radius 3 is 2.86 bits per heavy atom. The van der Waals surface area contributed by atoms with Gasteiger partial charge in [0.1, 0.15) is 5.82 Å². The van der Waals surface area contributed by atoms with Gasteiger partial charge in [0, 0.05) is 29.5 Å². The van der Waals surface area contributed by atoms with Gasteiger partial charge in [0.15, 0.2) is 0 Å². The summed E-state index contributed by atoms with van der Waals surface area (Å²) in [5, 5.41) is 12.3. The van der Waals surface area contributed by atoms with E-state index in [0.29, 0.717) is 16.5 Å². The molecule has 2 unspecified atom stereocenters. The van der Waals surface area contributed by atoms with Crippen molar-refractivity contribution >= 4 is 21.8 Å². The highest BCUT2D eigenvalue weighted by Crippen LogP contribution is 2.24. The van der Waals surface area contributed by atoms with E-state index in [0.717, 1.165) is 25.7 Å². The monoisotopic (exact) mass is 357 g/mol. The van der Waals surface area contributed by atoms with E-state index in [1.54, 1.807) is 12.1 Å². The molecule has 1 amide bonds. The molecule has 5 heteroatoms. The molecule has 0 radical (unpaired) electrons. The minimum atomic E-state index is -0.289. The number of benzene rings is 1. The molecule has 1 aromatic rings. The Bertz CT molecular complexity index is 495. The fourth-order valence-electron chi connectivity index (χ4n) is 2.87. The summed E-state index contributed by atoms with van der Waals surface area (Å²) in [5.74, 6) is -0.196. The first-order chi connectivity index (χ1) is 10.1. The van der Waals surface area contributed by atoms with Crippen LogP contribution < -0.4 is 5.32 Å². The number of hydrogen-bond donors (Lipinski definition) is 2. The number of rotatable bonds is 5. The van der Waals surface area contributed by atoms with Crippen LogP contribution in [0.5, 0.6) is 0 Å². The number of carbonyl (C=O) groups excluding carboxylic acids is 1. The van der Waals surface area contributed by atoms with Gasteiger partial charge in [-0.2, -0.15) is 0 Å². The Balaban J connectivity index is 1.84. The molecule has 0 saturated heterocycles. The van der Waals surface area contributed by atoms with Crippen LogP contribution >= 0.6 is 15.9 Å². The average molecular weight is 358 g/mol. The number of amides is 1. The van der Waals surface area contributed by atoms with Gasteiger partial charge >= 0.3 is 0 Å². The molecular weight excluding hydrogens is 337 g/mol. The van der Waals surface area contributed by atoms with Crippen LogP contribution in [0.15, 0.2) is 22.7 Å². The molecule has 116 valence electrons. The van der Waals surface area contributed by atoms with E-state index in [1.807, 2.05) is 0 Å². The summed E-state index contributed by atoms with van der Waals surface area (Å²) >= 11 is 3.21. The SMILES string of the molecule is O=C(CCc1ccc(Br)cc1F)NC1CCCCC1CO. The zero-order valence-electron chi connectivity index (χ0n) is 11.9. The summed E-state index contributed by atoms with van der Waals surface area (Å²) < 4.78 is 14.4. The van der Waals surface area contributed by atoms with Crippen LogP contribution in [-0.2, 0) is 11.2 Å². The van der Waals surface area contributed by atoms with E-state index in [1.165, 1.54) is 6.07 Å². The van der Waals surface area contributed by atoms with Crippen LogP contribution in [0.3, 0.4) is 0 Å². The quantitative estimate of drug-likeness (QED) is 0.849. The molecule has 1 aliphatic carbocycles. The minimum absolute atomic E-state index is 0.0611. The Morgan fingerprint density at radius 1 is 1.38 bits per heavy atom.